The first-order valence-corrected chi connectivity index (χ1v) is 7.98. The molecule has 0 radical (unpaired) electrons. The van der Waals surface area contributed by atoms with E-state index in [1.807, 2.05) is 0 Å². The minimum atomic E-state index is 0.364. The van der Waals surface area contributed by atoms with Crippen LogP contribution in [0.25, 0.3) is 16.8 Å². The van der Waals surface area contributed by atoms with Crippen LogP contribution in [0.2, 0.25) is 0 Å². The fourth-order valence-corrected chi connectivity index (χ4v) is 3.79. The first kappa shape index (κ1) is 12.8. The summed E-state index contributed by atoms with van der Waals surface area (Å²) >= 11 is 3.61. The first-order valence-electron chi connectivity index (χ1n) is 7.19. The van der Waals surface area contributed by atoms with Gasteiger partial charge in [0.05, 0.1) is 0 Å². The highest BCUT2D eigenvalue weighted by molar-refractivity contribution is 9.10. The molecular weight excluding hydrogens is 320 g/mol. The Morgan fingerprint density at radius 3 is 2.57 bits per heavy atom. The molecule has 0 nitrogen and oxygen atoms in total. The maximum atomic E-state index is 3.61. The molecule has 0 saturated heterocycles. The lowest BCUT2D eigenvalue weighted by molar-refractivity contribution is 0.987. The average Bonchev–Trinajstić information content (AvgIpc) is 2.82. The number of rotatable bonds is 1. The molecule has 3 aromatic rings. The zero-order valence-corrected chi connectivity index (χ0v) is 13.4. The van der Waals surface area contributed by atoms with Crippen LogP contribution in [0.3, 0.4) is 0 Å². The molecule has 0 bridgehead atoms. The normalized spacial score (nSPS) is 16.9. The summed E-state index contributed by atoms with van der Waals surface area (Å²) in [5.74, 6) is 0.364. The molecule has 1 aliphatic rings. The van der Waals surface area contributed by atoms with Crippen molar-refractivity contribution in [3.05, 3.63) is 87.4 Å². The van der Waals surface area contributed by atoms with Crippen molar-refractivity contribution in [2.75, 3.05) is 0 Å². The van der Waals surface area contributed by atoms with Crippen molar-refractivity contribution in [1.82, 2.24) is 0 Å². The van der Waals surface area contributed by atoms with Gasteiger partial charge in [0.25, 0.3) is 0 Å². The fourth-order valence-electron chi connectivity index (χ4n) is 3.42. The topological polar surface area (TPSA) is 0 Å². The van der Waals surface area contributed by atoms with Crippen LogP contribution in [-0.4, -0.2) is 0 Å². The molecule has 0 fully saturated rings. The summed E-state index contributed by atoms with van der Waals surface area (Å²) in [7, 11) is 0. The van der Waals surface area contributed by atoms with E-state index in [2.05, 4.69) is 89.6 Å². The molecule has 3 aromatic carbocycles. The van der Waals surface area contributed by atoms with Crippen molar-refractivity contribution in [2.45, 2.75) is 12.8 Å². The largest absolute Gasteiger partial charge is 0.0616 e. The Hall–Kier alpha value is -1.86. The number of fused-ring (bicyclic) bond motifs is 2. The van der Waals surface area contributed by atoms with Crippen molar-refractivity contribution < 1.29 is 0 Å². The molecule has 0 saturated carbocycles. The third-order valence-electron chi connectivity index (χ3n) is 4.33. The summed E-state index contributed by atoms with van der Waals surface area (Å²) in [6.45, 7) is 2.24. The van der Waals surface area contributed by atoms with Gasteiger partial charge >= 0.3 is 0 Å². The predicted molar refractivity (Wildman–Crippen MR) is 93.6 cm³/mol. The maximum Gasteiger partial charge on any atom is 0.0312 e. The minimum absolute atomic E-state index is 0.364. The number of benzene rings is 3. The molecule has 0 heterocycles. The van der Waals surface area contributed by atoms with Gasteiger partial charge in [-0.25, -0.2) is 0 Å². The molecule has 0 aliphatic heterocycles. The van der Waals surface area contributed by atoms with Crippen LogP contribution in [0, 0.1) is 0 Å². The number of allylic oxidation sites excluding steroid dienone is 1. The lowest BCUT2D eigenvalue weighted by Gasteiger charge is -2.18. The monoisotopic (exact) mass is 334 g/mol. The molecule has 0 N–H and O–H groups in total. The van der Waals surface area contributed by atoms with Gasteiger partial charge in [0.2, 0.25) is 0 Å². The Morgan fingerprint density at radius 2 is 1.67 bits per heavy atom. The molecule has 21 heavy (non-hydrogen) atoms. The second-order valence-electron chi connectivity index (χ2n) is 5.66. The van der Waals surface area contributed by atoms with Gasteiger partial charge in [0.1, 0.15) is 0 Å². The number of halogens is 1. The van der Waals surface area contributed by atoms with Gasteiger partial charge in [-0.15, -0.1) is 0 Å². The summed E-state index contributed by atoms with van der Waals surface area (Å²) in [4.78, 5) is 0. The zero-order chi connectivity index (χ0) is 14.4. The highest BCUT2D eigenvalue weighted by Crippen LogP contribution is 2.43. The molecule has 0 aromatic heterocycles. The summed E-state index contributed by atoms with van der Waals surface area (Å²) in [6.07, 6.45) is 2.31. The van der Waals surface area contributed by atoms with Gasteiger partial charge in [0.15, 0.2) is 0 Å². The molecule has 1 heteroatoms. The van der Waals surface area contributed by atoms with Gasteiger partial charge in [-0.1, -0.05) is 76.1 Å². The predicted octanol–water partition coefficient (Wildman–Crippen LogP) is 6.15. The van der Waals surface area contributed by atoms with Crippen LogP contribution in [0.4, 0.5) is 0 Å². The van der Waals surface area contributed by atoms with Crippen molar-refractivity contribution in [3.63, 3.8) is 0 Å². The third-order valence-corrected chi connectivity index (χ3v) is 4.83. The minimum Gasteiger partial charge on any atom is -0.0616 e. The van der Waals surface area contributed by atoms with E-state index in [9.17, 15) is 0 Å². The van der Waals surface area contributed by atoms with E-state index >= 15 is 0 Å². The molecule has 1 aliphatic carbocycles. The Balaban J connectivity index is 1.98. The zero-order valence-electron chi connectivity index (χ0n) is 11.8. The summed E-state index contributed by atoms with van der Waals surface area (Å²) in [6, 6.07) is 21.9. The average molecular weight is 335 g/mol. The van der Waals surface area contributed by atoms with Crippen molar-refractivity contribution in [2.24, 2.45) is 0 Å². The van der Waals surface area contributed by atoms with Gasteiger partial charge in [0, 0.05) is 10.4 Å². The van der Waals surface area contributed by atoms with E-state index in [0.717, 1.165) is 4.47 Å². The maximum absolute atomic E-state index is 3.61. The lowest BCUT2D eigenvalue weighted by atomic mass is 9.86. The number of hydrogen-bond donors (Lipinski definition) is 0. The van der Waals surface area contributed by atoms with Crippen molar-refractivity contribution in [3.8, 4) is 0 Å². The van der Waals surface area contributed by atoms with Crippen LogP contribution in [0.1, 0.15) is 29.5 Å². The molecule has 1 unspecified atom stereocenters. The van der Waals surface area contributed by atoms with E-state index in [4.69, 9.17) is 0 Å². The van der Waals surface area contributed by atoms with Crippen LogP contribution >= 0.6 is 15.9 Å². The molecule has 0 spiro atoms. The van der Waals surface area contributed by atoms with Crippen molar-refractivity contribution >= 4 is 32.8 Å². The summed E-state index contributed by atoms with van der Waals surface area (Å²) in [5, 5.41) is 2.66. The highest BCUT2D eigenvalue weighted by Gasteiger charge is 2.25. The molecule has 102 valence electrons. The third kappa shape index (κ3) is 2.04. The van der Waals surface area contributed by atoms with E-state index in [0.29, 0.717) is 5.92 Å². The molecule has 1 atom stereocenters. The Kier molecular flexibility index (Phi) is 2.97. The molecule has 4 rings (SSSR count). The van der Waals surface area contributed by atoms with Crippen LogP contribution in [-0.2, 0) is 0 Å². The van der Waals surface area contributed by atoms with E-state index in [1.54, 1.807) is 0 Å². The standard InChI is InChI=1S/C20H15Br/c1-13-11-15-9-10-16(21)12-19(15)20(13)18-8-4-6-14-5-2-3-7-17(14)18/h2-12,20H,1H3. The Bertz CT molecular complexity index is 869. The van der Waals surface area contributed by atoms with Gasteiger partial charge in [-0.2, -0.15) is 0 Å². The highest BCUT2D eigenvalue weighted by atomic mass is 79.9. The van der Waals surface area contributed by atoms with Gasteiger partial charge in [-0.3, -0.25) is 0 Å². The Labute approximate surface area is 133 Å². The van der Waals surface area contributed by atoms with Crippen LogP contribution < -0.4 is 0 Å². The number of hydrogen-bond acceptors (Lipinski definition) is 0. The first-order chi connectivity index (χ1) is 10.2. The van der Waals surface area contributed by atoms with Crippen LogP contribution in [0.15, 0.2) is 70.7 Å². The molecular formula is C20H15Br. The van der Waals surface area contributed by atoms with E-state index < -0.39 is 0 Å². The molecule has 0 amide bonds. The van der Waals surface area contributed by atoms with Gasteiger partial charge in [-0.05, 0) is 46.5 Å². The fraction of sp³-hybridized carbons (Fsp3) is 0.100. The van der Waals surface area contributed by atoms with Crippen molar-refractivity contribution in [1.29, 1.82) is 0 Å². The second kappa shape index (κ2) is 4.85. The second-order valence-corrected chi connectivity index (χ2v) is 6.58. The summed E-state index contributed by atoms with van der Waals surface area (Å²) < 4.78 is 1.15. The van der Waals surface area contributed by atoms with Crippen LogP contribution in [0.5, 0.6) is 0 Å². The van der Waals surface area contributed by atoms with Gasteiger partial charge < -0.3 is 0 Å². The summed E-state index contributed by atoms with van der Waals surface area (Å²) in [5.41, 5.74) is 5.56. The van der Waals surface area contributed by atoms with E-state index in [-0.39, 0.29) is 0 Å². The SMILES string of the molecule is CC1=Cc2ccc(Br)cc2C1c1cccc2ccccc12. The lowest BCUT2D eigenvalue weighted by Crippen LogP contribution is -2.00. The Morgan fingerprint density at radius 1 is 0.857 bits per heavy atom. The smallest absolute Gasteiger partial charge is 0.0312 e. The van der Waals surface area contributed by atoms with E-state index in [1.165, 1.54) is 33.0 Å². The quantitative estimate of drug-likeness (QED) is 0.500.